The molecule has 2 aliphatic rings. The summed E-state index contributed by atoms with van der Waals surface area (Å²) in [7, 11) is 3.65. The summed E-state index contributed by atoms with van der Waals surface area (Å²) in [6.45, 7) is 3.46. The van der Waals surface area contributed by atoms with E-state index in [4.69, 9.17) is 15.7 Å². The van der Waals surface area contributed by atoms with Gasteiger partial charge in [-0.1, -0.05) is 36.3 Å². The molecule has 40 heavy (non-hydrogen) atoms. The van der Waals surface area contributed by atoms with Gasteiger partial charge in [-0.2, -0.15) is 4.98 Å². The average Bonchev–Trinajstić information content (AvgIpc) is 3.31. The van der Waals surface area contributed by atoms with Crippen LogP contribution in [0.4, 0.5) is 23.0 Å². The van der Waals surface area contributed by atoms with Crippen LogP contribution in [0.1, 0.15) is 25.3 Å². The van der Waals surface area contributed by atoms with Crippen LogP contribution in [0, 0.1) is 11.8 Å². The van der Waals surface area contributed by atoms with Gasteiger partial charge in [0, 0.05) is 38.8 Å². The first-order valence-electron chi connectivity index (χ1n) is 13.5. The van der Waals surface area contributed by atoms with Gasteiger partial charge >= 0.3 is 5.69 Å². The van der Waals surface area contributed by atoms with Crippen molar-refractivity contribution < 1.29 is 0 Å². The fourth-order valence-corrected chi connectivity index (χ4v) is 5.70. The fraction of sp³-hybridized carbons (Fsp3) is 0.333. The van der Waals surface area contributed by atoms with E-state index in [1.54, 1.807) is 14.0 Å². The van der Waals surface area contributed by atoms with Crippen molar-refractivity contribution in [2.75, 3.05) is 29.9 Å². The van der Waals surface area contributed by atoms with E-state index in [0.717, 1.165) is 42.0 Å². The van der Waals surface area contributed by atoms with Crippen LogP contribution < -0.4 is 26.8 Å². The molecule has 2 aromatic carbocycles. The van der Waals surface area contributed by atoms with Gasteiger partial charge in [-0.15, -0.1) is 5.92 Å². The fourth-order valence-electron chi connectivity index (χ4n) is 5.70. The number of benzene rings is 2. The first kappa shape index (κ1) is 25.6. The Bertz CT molecular complexity index is 1830. The van der Waals surface area contributed by atoms with Gasteiger partial charge in [0.25, 0.3) is 5.56 Å². The Hall–Kier alpha value is -4.62. The smallest absolute Gasteiger partial charge is 0.332 e. The molecule has 0 spiro atoms. The van der Waals surface area contributed by atoms with Gasteiger partial charge in [-0.05, 0) is 38.0 Å². The highest BCUT2D eigenvalue weighted by Gasteiger charge is 2.27. The summed E-state index contributed by atoms with van der Waals surface area (Å²) >= 11 is 0. The zero-order valence-electron chi connectivity index (χ0n) is 23.0. The van der Waals surface area contributed by atoms with Crippen LogP contribution in [0.3, 0.4) is 0 Å². The number of nitrogens with zero attached hydrogens (tertiary/aromatic N) is 7. The summed E-state index contributed by atoms with van der Waals surface area (Å²) in [4.78, 5) is 41.8. The zero-order chi connectivity index (χ0) is 28.0. The average molecular weight is 537 g/mol. The Kier molecular flexibility index (Phi) is 6.52. The second-order valence-electron chi connectivity index (χ2n) is 10.3. The third-order valence-electron chi connectivity index (χ3n) is 7.75. The van der Waals surface area contributed by atoms with E-state index >= 15 is 0 Å². The number of aryl methyl sites for hydroxylation is 1. The maximum absolute atomic E-state index is 14.2. The van der Waals surface area contributed by atoms with Crippen LogP contribution in [0.25, 0.3) is 11.2 Å². The normalized spacial score (nSPS) is 16.6. The highest BCUT2D eigenvalue weighted by Crippen LogP contribution is 2.38. The molecule has 1 atom stereocenters. The van der Waals surface area contributed by atoms with Crippen molar-refractivity contribution in [2.45, 2.75) is 38.9 Å². The molecule has 10 heteroatoms. The van der Waals surface area contributed by atoms with Crippen molar-refractivity contribution in [2.24, 2.45) is 17.8 Å². The molecule has 1 saturated heterocycles. The molecule has 0 saturated carbocycles. The Morgan fingerprint density at radius 3 is 2.55 bits per heavy atom. The third-order valence-corrected chi connectivity index (χ3v) is 7.75. The van der Waals surface area contributed by atoms with E-state index in [-0.39, 0.29) is 19.1 Å². The maximum atomic E-state index is 14.2. The number of hydrogen-bond donors (Lipinski definition) is 1. The molecule has 2 aromatic heterocycles. The lowest BCUT2D eigenvalue weighted by molar-refractivity contribution is 0.496. The first-order valence-corrected chi connectivity index (χ1v) is 13.5. The highest BCUT2D eigenvalue weighted by atomic mass is 16.2. The molecule has 204 valence electrons. The Labute approximate surface area is 232 Å². The number of aromatic nitrogens is 4. The number of para-hydroxylation sites is 3. The lowest BCUT2D eigenvalue weighted by atomic mass is 10.1. The number of imidazole rings is 1. The summed E-state index contributed by atoms with van der Waals surface area (Å²) in [5.74, 6) is 6.62. The van der Waals surface area contributed by atoms with Gasteiger partial charge in [0.2, 0.25) is 5.95 Å². The molecule has 0 aliphatic carbocycles. The van der Waals surface area contributed by atoms with Crippen molar-refractivity contribution in [1.29, 1.82) is 0 Å². The molecule has 2 N–H and O–H groups in total. The number of hydrogen-bond acceptors (Lipinski definition) is 7. The molecule has 0 bridgehead atoms. The number of nitrogens with two attached hydrogens (primary N) is 1. The molecule has 4 aromatic rings. The van der Waals surface area contributed by atoms with E-state index in [9.17, 15) is 9.59 Å². The van der Waals surface area contributed by atoms with Crippen molar-refractivity contribution in [3.63, 3.8) is 0 Å². The standard InChI is InChI=1S/C30H32N8O2/c1-4-5-17-37-26-27(33-29(37)36-16-10-11-20(31)18-36)35(3)30(40)38(28(26)39)19-23-21-12-6-8-14-24(21)34(2)25-15-9-7-13-22(25)32-23/h6-9,12-15,20H,10-11,16-19,31H2,1-3H3. The van der Waals surface area contributed by atoms with E-state index < -0.39 is 11.2 Å². The minimum Gasteiger partial charge on any atom is -0.342 e. The predicted molar refractivity (Wildman–Crippen MR) is 159 cm³/mol. The van der Waals surface area contributed by atoms with Gasteiger partial charge < -0.3 is 15.5 Å². The SMILES string of the molecule is CC#CCn1c(N2CCCC(N)C2)nc2c1c(=O)n(CC1=Nc3ccccc3N(C)c3ccccc31)c(=O)n2C. The minimum atomic E-state index is -0.448. The molecule has 0 amide bonds. The second-order valence-corrected chi connectivity index (χ2v) is 10.3. The van der Waals surface area contributed by atoms with Crippen LogP contribution in [-0.4, -0.2) is 50.6 Å². The number of piperidine rings is 1. The van der Waals surface area contributed by atoms with Crippen LogP contribution in [0.5, 0.6) is 0 Å². The summed E-state index contributed by atoms with van der Waals surface area (Å²) in [6.07, 6.45) is 1.88. The molecule has 4 heterocycles. The zero-order valence-corrected chi connectivity index (χ0v) is 23.0. The van der Waals surface area contributed by atoms with E-state index in [0.29, 0.717) is 29.4 Å². The molecule has 6 rings (SSSR count). The maximum Gasteiger partial charge on any atom is 0.332 e. The number of rotatable bonds is 4. The Morgan fingerprint density at radius 2 is 1.77 bits per heavy atom. The second kappa shape index (κ2) is 10.2. The van der Waals surface area contributed by atoms with Crippen molar-refractivity contribution in [3.05, 3.63) is 74.9 Å². The lowest BCUT2D eigenvalue weighted by Crippen LogP contribution is -2.44. The largest absolute Gasteiger partial charge is 0.342 e. The minimum absolute atomic E-state index is 0.00912. The predicted octanol–water partition coefficient (Wildman–Crippen LogP) is 2.75. The van der Waals surface area contributed by atoms with Gasteiger partial charge in [0.1, 0.15) is 0 Å². The third kappa shape index (κ3) is 4.19. The van der Waals surface area contributed by atoms with Gasteiger partial charge in [0.05, 0.1) is 35.9 Å². The van der Waals surface area contributed by atoms with Gasteiger partial charge in [-0.25, -0.2) is 9.79 Å². The molecule has 0 radical (unpaired) electrons. The monoisotopic (exact) mass is 536 g/mol. The quantitative estimate of drug-likeness (QED) is 0.402. The Morgan fingerprint density at radius 1 is 1.02 bits per heavy atom. The summed E-state index contributed by atoms with van der Waals surface area (Å²) in [5.41, 5.74) is 10.3. The number of aliphatic imine (C=N–C) groups is 1. The van der Waals surface area contributed by atoms with E-state index in [2.05, 4.69) is 21.6 Å². The summed E-state index contributed by atoms with van der Waals surface area (Å²) < 4.78 is 4.53. The van der Waals surface area contributed by atoms with Crippen LogP contribution in [0.2, 0.25) is 0 Å². The van der Waals surface area contributed by atoms with Crippen molar-refractivity contribution >= 4 is 39.9 Å². The summed E-state index contributed by atoms with van der Waals surface area (Å²) in [6, 6.07) is 15.8. The summed E-state index contributed by atoms with van der Waals surface area (Å²) in [5, 5.41) is 0. The van der Waals surface area contributed by atoms with E-state index in [1.165, 1.54) is 9.13 Å². The van der Waals surface area contributed by atoms with Crippen LogP contribution in [0.15, 0.2) is 63.1 Å². The topological polar surface area (TPSA) is 107 Å². The van der Waals surface area contributed by atoms with Crippen LogP contribution in [-0.2, 0) is 20.1 Å². The van der Waals surface area contributed by atoms with Crippen molar-refractivity contribution in [3.8, 4) is 11.8 Å². The molecule has 10 nitrogen and oxygen atoms in total. The molecular weight excluding hydrogens is 504 g/mol. The van der Waals surface area contributed by atoms with E-state index in [1.807, 2.05) is 60.1 Å². The molecule has 2 aliphatic heterocycles. The van der Waals surface area contributed by atoms with Crippen molar-refractivity contribution in [1.82, 2.24) is 18.7 Å². The highest BCUT2D eigenvalue weighted by molar-refractivity contribution is 6.09. The number of anilines is 3. The Balaban J connectivity index is 1.55. The molecule has 1 unspecified atom stereocenters. The molecular formula is C30H32N8O2. The molecule has 1 fully saturated rings. The van der Waals surface area contributed by atoms with Gasteiger partial charge in [0.15, 0.2) is 11.2 Å². The number of fused-ring (bicyclic) bond motifs is 3. The lowest BCUT2D eigenvalue weighted by Gasteiger charge is -2.31. The van der Waals surface area contributed by atoms with Crippen LogP contribution >= 0.6 is 0 Å². The first-order chi connectivity index (χ1) is 19.4. The van der Waals surface area contributed by atoms with Gasteiger partial charge in [-0.3, -0.25) is 18.5 Å².